The van der Waals surface area contributed by atoms with Crippen molar-refractivity contribution >= 4 is 58.2 Å². The third kappa shape index (κ3) is 6.46. The van der Waals surface area contributed by atoms with E-state index in [4.69, 9.17) is 11.6 Å². The van der Waals surface area contributed by atoms with E-state index >= 15 is 0 Å². The lowest BCUT2D eigenvalue weighted by molar-refractivity contribution is -0.116. The van der Waals surface area contributed by atoms with E-state index in [0.29, 0.717) is 22.9 Å². The van der Waals surface area contributed by atoms with Crippen LogP contribution < -0.4 is 10.6 Å². The molecule has 2 unspecified atom stereocenters. The highest BCUT2D eigenvalue weighted by atomic mass is 35.5. The Kier molecular flexibility index (Phi) is 8.79. The summed E-state index contributed by atoms with van der Waals surface area (Å²) in [6, 6.07) is 5.53. The molecule has 4 nitrogen and oxygen atoms in total. The molecule has 0 radical (unpaired) electrons. The molecule has 22 heavy (non-hydrogen) atoms. The van der Waals surface area contributed by atoms with Crippen LogP contribution in [0.25, 0.3) is 0 Å². The van der Waals surface area contributed by atoms with Gasteiger partial charge in [-0.15, -0.1) is 12.4 Å². The second-order valence-corrected chi connectivity index (χ2v) is 7.99. The SMILES string of the molecule is CS(=O)Cc1cc(NC(=O)CC2CSCCN2)ccc1Cl.Cl. The zero-order valence-corrected chi connectivity index (χ0v) is 15.5. The molecule has 1 aromatic rings. The van der Waals surface area contributed by atoms with Crippen LogP contribution in [0.5, 0.6) is 0 Å². The van der Waals surface area contributed by atoms with Gasteiger partial charge < -0.3 is 10.6 Å². The van der Waals surface area contributed by atoms with Gasteiger partial charge in [-0.25, -0.2) is 0 Å². The number of carbonyl (C=O) groups is 1. The molecule has 2 N–H and O–H groups in total. The first-order valence-corrected chi connectivity index (χ1v) is 10.00. The summed E-state index contributed by atoms with van der Waals surface area (Å²) >= 11 is 7.94. The quantitative estimate of drug-likeness (QED) is 0.821. The van der Waals surface area contributed by atoms with Crippen molar-refractivity contribution in [3.63, 3.8) is 0 Å². The minimum absolute atomic E-state index is 0. The number of rotatable bonds is 5. The number of nitrogens with one attached hydrogen (secondary N) is 2. The number of hydrogen-bond donors (Lipinski definition) is 2. The maximum Gasteiger partial charge on any atom is 0.225 e. The Morgan fingerprint density at radius 3 is 2.95 bits per heavy atom. The van der Waals surface area contributed by atoms with Crippen LogP contribution in [0, 0.1) is 0 Å². The molecule has 1 aliphatic rings. The average Bonchev–Trinajstić information content (AvgIpc) is 2.43. The minimum atomic E-state index is -0.963. The molecule has 0 aliphatic carbocycles. The standard InChI is InChI=1S/C14H19ClN2O2S2.ClH/c1-21(19)9-10-6-11(2-3-13(10)15)17-14(18)7-12-8-20-5-4-16-12;/h2-3,6,12,16H,4-5,7-9H2,1H3,(H,17,18);1H. The van der Waals surface area contributed by atoms with E-state index in [1.165, 1.54) is 0 Å². The molecule has 2 atom stereocenters. The zero-order chi connectivity index (χ0) is 15.2. The first-order chi connectivity index (χ1) is 10.0. The fourth-order valence-corrected chi connectivity index (χ4v) is 4.06. The van der Waals surface area contributed by atoms with Crippen molar-refractivity contribution in [2.24, 2.45) is 0 Å². The average molecular weight is 383 g/mol. The monoisotopic (exact) mass is 382 g/mol. The van der Waals surface area contributed by atoms with E-state index in [0.717, 1.165) is 23.6 Å². The van der Waals surface area contributed by atoms with E-state index in [1.807, 2.05) is 11.8 Å². The Balaban J connectivity index is 0.00000242. The lowest BCUT2D eigenvalue weighted by atomic mass is 10.2. The molecule has 1 fully saturated rings. The maximum atomic E-state index is 12.0. The van der Waals surface area contributed by atoms with Gasteiger partial charge in [-0.3, -0.25) is 9.00 Å². The minimum Gasteiger partial charge on any atom is -0.326 e. The van der Waals surface area contributed by atoms with Gasteiger partial charge in [0.15, 0.2) is 0 Å². The summed E-state index contributed by atoms with van der Waals surface area (Å²) in [7, 11) is -0.963. The predicted molar refractivity (Wildman–Crippen MR) is 98.8 cm³/mol. The number of benzene rings is 1. The number of carbonyl (C=O) groups excluding carboxylic acids is 1. The Labute approximate surface area is 149 Å². The molecule has 2 rings (SSSR count). The second-order valence-electron chi connectivity index (χ2n) is 5.00. The molecule has 8 heteroatoms. The number of amides is 1. The summed E-state index contributed by atoms with van der Waals surface area (Å²) in [6.45, 7) is 0.954. The van der Waals surface area contributed by atoms with Crippen LogP contribution in [0.4, 0.5) is 5.69 Å². The molecule has 0 aromatic heterocycles. The van der Waals surface area contributed by atoms with Crippen LogP contribution in [0.3, 0.4) is 0 Å². The second kappa shape index (κ2) is 9.78. The van der Waals surface area contributed by atoms with E-state index < -0.39 is 10.8 Å². The summed E-state index contributed by atoms with van der Waals surface area (Å²) in [4.78, 5) is 12.0. The summed E-state index contributed by atoms with van der Waals surface area (Å²) < 4.78 is 11.3. The third-order valence-corrected chi connectivity index (χ3v) is 5.34. The largest absolute Gasteiger partial charge is 0.326 e. The lowest BCUT2D eigenvalue weighted by Crippen LogP contribution is -2.39. The normalized spacial score (nSPS) is 19.1. The summed E-state index contributed by atoms with van der Waals surface area (Å²) in [6.07, 6.45) is 2.10. The highest BCUT2D eigenvalue weighted by Crippen LogP contribution is 2.22. The van der Waals surface area contributed by atoms with Crippen LogP contribution in [-0.4, -0.2) is 40.5 Å². The molecule has 0 bridgehead atoms. The van der Waals surface area contributed by atoms with E-state index in [1.54, 1.807) is 24.5 Å². The van der Waals surface area contributed by atoms with Crippen molar-refractivity contribution in [2.75, 3.05) is 29.6 Å². The Hall–Kier alpha value is -0.270. The van der Waals surface area contributed by atoms with Crippen molar-refractivity contribution in [1.82, 2.24) is 5.32 Å². The maximum absolute atomic E-state index is 12.0. The van der Waals surface area contributed by atoms with Crippen LogP contribution in [0.1, 0.15) is 12.0 Å². The van der Waals surface area contributed by atoms with E-state index in [9.17, 15) is 9.00 Å². The molecule has 1 saturated heterocycles. The highest BCUT2D eigenvalue weighted by molar-refractivity contribution is 7.99. The van der Waals surface area contributed by atoms with Crippen molar-refractivity contribution in [2.45, 2.75) is 18.2 Å². The molecular weight excluding hydrogens is 363 g/mol. The Morgan fingerprint density at radius 2 is 2.32 bits per heavy atom. The predicted octanol–water partition coefficient (Wildman–Crippen LogP) is 2.67. The molecule has 1 heterocycles. The third-order valence-electron chi connectivity index (χ3n) is 3.12. The molecule has 1 aliphatic heterocycles. The lowest BCUT2D eigenvalue weighted by Gasteiger charge is -2.22. The molecular formula is C14H20Cl2N2O2S2. The van der Waals surface area contributed by atoms with Gasteiger partial charge in [-0.1, -0.05) is 11.6 Å². The Bertz CT molecular complexity index is 538. The molecule has 1 amide bonds. The van der Waals surface area contributed by atoms with Gasteiger partial charge in [0.1, 0.15) is 0 Å². The highest BCUT2D eigenvalue weighted by Gasteiger charge is 2.17. The number of halogens is 2. The molecule has 0 saturated carbocycles. The first-order valence-electron chi connectivity index (χ1n) is 6.74. The molecule has 124 valence electrons. The molecule has 0 spiro atoms. The van der Waals surface area contributed by atoms with Crippen molar-refractivity contribution in [1.29, 1.82) is 0 Å². The van der Waals surface area contributed by atoms with Crippen molar-refractivity contribution in [3.05, 3.63) is 28.8 Å². The number of hydrogen-bond acceptors (Lipinski definition) is 4. The summed E-state index contributed by atoms with van der Waals surface area (Å²) in [5.41, 5.74) is 1.50. The van der Waals surface area contributed by atoms with Crippen LogP contribution in [-0.2, 0) is 21.3 Å². The first kappa shape index (κ1) is 19.8. The summed E-state index contributed by atoms with van der Waals surface area (Å²) in [5, 5.41) is 6.80. The smallest absolute Gasteiger partial charge is 0.225 e. The van der Waals surface area contributed by atoms with Gasteiger partial charge in [0.25, 0.3) is 0 Å². The summed E-state index contributed by atoms with van der Waals surface area (Å²) in [5.74, 6) is 2.45. The van der Waals surface area contributed by atoms with Gasteiger partial charge in [-0.05, 0) is 23.8 Å². The van der Waals surface area contributed by atoms with Gasteiger partial charge in [-0.2, -0.15) is 11.8 Å². The number of anilines is 1. The topological polar surface area (TPSA) is 58.2 Å². The van der Waals surface area contributed by atoms with Crippen LogP contribution in [0.15, 0.2) is 18.2 Å². The van der Waals surface area contributed by atoms with Gasteiger partial charge in [0, 0.05) is 64.0 Å². The zero-order valence-electron chi connectivity index (χ0n) is 12.3. The van der Waals surface area contributed by atoms with Gasteiger partial charge in [0.05, 0.1) is 0 Å². The van der Waals surface area contributed by atoms with Crippen molar-refractivity contribution < 1.29 is 9.00 Å². The fraction of sp³-hybridized carbons (Fsp3) is 0.500. The van der Waals surface area contributed by atoms with E-state index in [2.05, 4.69) is 10.6 Å². The van der Waals surface area contributed by atoms with Gasteiger partial charge in [0.2, 0.25) is 5.91 Å². The number of thioether (sulfide) groups is 1. The van der Waals surface area contributed by atoms with Crippen LogP contribution >= 0.6 is 35.8 Å². The van der Waals surface area contributed by atoms with E-state index in [-0.39, 0.29) is 24.4 Å². The molecule has 1 aromatic carbocycles. The van der Waals surface area contributed by atoms with Crippen LogP contribution in [0.2, 0.25) is 5.02 Å². The van der Waals surface area contributed by atoms with Gasteiger partial charge >= 0.3 is 0 Å². The fourth-order valence-electron chi connectivity index (χ4n) is 2.17. The van der Waals surface area contributed by atoms with Crippen molar-refractivity contribution in [3.8, 4) is 0 Å². The Morgan fingerprint density at radius 1 is 1.55 bits per heavy atom.